The minimum absolute atomic E-state index is 0.00618. The molecule has 0 aromatic heterocycles. The Kier molecular flexibility index (Phi) is 5.08. The third-order valence-electron chi connectivity index (χ3n) is 1.71. The number of hydrogen-bond donors (Lipinski definition) is 2. The quantitative estimate of drug-likeness (QED) is 0.613. The zero-order valence-electron chi connectivity index (χ0n) is 7.59. The van der Waals surface area contributed by atoms with Crippen LogP contribution in [0.15, 0.2) is 0 Å². The van der Waals surface area contributed by atoms with Crippen molar-refractivity contribution in [2.75, 3.05) is 6.54 Å². The van der Waals surface area contributed by atoms with E-state index in [9.17, 15) is 9.59 Å². The molecule has 70 valence electrons. The van der Waals surface area contributed by atoms with Gasteiger partial charge < -0.3 is 11.1 Å². The molecule has 0 unspecified atom stereocenters. The number of hydrogen-bond acceptors (Lipinski definition) is 2. The van der Waals surface area contributed by atoms with Gasteiger partial charge in [0.05, 0.1) is 0 Å². The average molecular weight is 172 g/mol. The zero-order valence-corrected chi connectivity index (χ0v) is 7.59. The minimum Gasteiger partial charge on any atom is -0.369 e. The summed E-state index contributed by atoms with van der Waals surface area (Å²) in [7, 11) is 0. The molecule has 0 radical (unpaired) electrons. The van der Waals surface area contributed by atoms with Crippen molar-refractivity contribution >= 4 is 11.8 Å². The summed E-state index contributed by atoms with van der Waals surface area (Å²) in [4.78, 5) is 21.3. The lowest BCUT2D eigenvalue weighted by Crippen LogP contribution is -2.28. The lowest BCUT2D eigenvalue weighted by molar-refractivity contribution is -0.123. The standard InChI is InChI=1S/C8H16N2O2/c1-3-7(11)10-5-4-6(2)8(9)12/h6H,3-5H2,1-2H3,(H2,9,12)(H,10,11)/t6-/m0/s1. The van der Waals surface area contributed by atoms with Gasteiger partial charge in [-0.25, -0.2) is 0 Å². The van der Waals surface area contributed by atoms with E-state index in [1.54, 1.807) is 13.8 Å². The van der Waals surface area contributed by atoms with Gasteiger partial charge in [-0.2, -0.15) is 0 Å². The van der Waals surface area contributed by atoms with Gasteiger partial charge in [-0.05, 0) is 6.42 Å². The lowest BCUT2D eigenvalue weighted by atomic mass is 10.1. The second kappa shape index (κ2) is 5.57. The molecular weight excluding hydrogens is 156 g/mol. The van der Waals surface area contributed by atoms with Crippen LogP contribution in [-0.2, 0) is 9.59 Å². The van der Waals surface area contributed by atoms with Crippen molar-refractivity contribution < 1.29 is 9.59 Å². The van der Waals surface area contributed by atoms with E-state index in [1.807, 2.05) is 0 Å². The normalized spacial score (nSPS) is 12.2. The van der Waals surface area contributed by atoms with Gasteiger partial charge >= 0.3 is 0 Å². The third-order valence-corrected chi connectivity index (χ3v) is 1.71. The van der Waals surface area contributed by atoms with Crippen molar-refractivity contribution in [3.63, 3.8) is 0 Å². The Bertz CT molecular complexity index is 168. The Morgan fingerprint density at radius 1 is 1.50 bits per heavy atom. The predicted molar refractivity (Wildman–Crippen MR) is 46.3 cm³/mol. The van der Waals surface area contributed by atoms with Crippen LogP contribution in [0, 0.1) is 5.92 Å². The van der Waals surface area contributed by atoms with Crippen LogP contribution in [0.1, 0.15) is 26.7 Å². The van der Waals surface area contributed by atoms with E-state index in [1.165, 1.54) is 0 Å². The molecular formula is C8H16N2O2. The second-order valence-corrected chi connectivity index (χ2v) is 2.80. The monoisotopic (exact) mass is 172 g/mol. The van der Waals surface area contributed by atoms with Crippen LogP contribution in [0.4, 0.5) is 0 Å². The topological polar surface area (TPSA) is 72.2 Å². The van der Waals surface area contributed by atoms with E-state index in [0.29, 0.717) is 19.4 Å². The first-order valence-electron chi connectivity index (χ1n) is 4.14. The molecule has 12 heavy (non-hydrogen) atoms. The SMILES string of the molecule is CCC(=O)NCC[C@H](C)C(N)=O. The van der Waals surface area contributed by atoms with E-state index in [-0.39, 0.29) is 17.7 Å². The Morgan fingerprint density at radius 3 is 2.50 bits per heavy atom. The molecule has 0 saturated heterocycles. The molecule has 0 saturated carbocycles. The van der Waals surface area contributed by atoms with E-state index in [0.717, 1.165) is 0 Å². The predicted octanol–water partition coefficient (Wildman–Crippen LogP) is 0.0241. The summed E-state index contributed by atoms with van der Waals surface area (Å²) in [6, 6.07) is 0. The van der Waals surface area contributed by atoms with Crippen molar-refractivity contribution in [3.05, 3.63) is 0 Å². The summed E-state index contributed by atoms with van der Waals surface area (Å²) in [5, 5.41) is 2.67. The molecule has 0 fully saturated rings. The summed E-state index contributed by atoms with van der Waals surface area (Å²) >= 11 is 0. The fraction of sp³-hybridized carbons (Fsp3) is 0.750. The van der Waals surface area contributed by atoms with Crippen molar-refractivity contribution in [3.8, 4) is 0 Å². The Morgan fingerprint density at radius 2 is 2.08 bits per heavy atom. The Labute approximate surface area is 72.5 Å². The number of carbonyl (C=O) groups excluding carboxylic acids is 2. The van der Waals surface area contributed by atoms with Crippen LogP contribution in [0.3, 0.4) is 0 Å². The maximum Gasteiger partial charge on any atom is 0.220 e. The average Bonchev–Trinajstić information content (AvgIpc) is 2.03. The summed E-state index contributed by atoms with van der Waals surface area (Å²) in [5.74, 6) is -0.477. The summed E-state index contributed by atoms with van der Waals surface area (Å²) in [5.41, 5.74) is 5.03. The number of rotatable bonds is 5. The number of amides is 2. The molecule has 0 aliphatic rings. The van der Waals surface area contributed by atoms with E-state index >= 15 is 0 Å². The molecule has 0 spiro atoms. The molecule has 4 nitrogen and oxygen atoms in total. The van der Waals surface area contributed by atoms with Crippen LogP contribution < -0.4 is 11.1 Å². The Hall–Kier alpha value is -1.06. The fourth-order valence-corrected chi connectivity index (χ4v) is 0.695. The van der Waals surface area contributed by atoms with Crippen LogP contribution in [0.2, 0.25) is 0 Å². The number of carbonyl (C=O) groups is 2. The number of nitrogens with two attached hydrogens (primary N) is 1. The highest BCUT2D eigenvalue weighted by molar-refractivity contribution is 5.77. The van der Waals surface area contributed by atoms with E-state index in [4.69, 9.17) is 5.73 Å². The largest absolute Gasteiger partial charge is 0.369 e. The van der Waals surface area contributed by atoms with Gasteiger partial charge in [0, 0.05) is 18.9 Å². The minimum atomic E-state index is -0.319. The maximum absolute atomic E-state index is 10.7. The highest BCUT2D eigenvalue weighted by Crippen LogP contribution is 1.97. The maximum atomic E-state index is 10.7. The van der Waals surface area contributed by atoms with Crippen LogP contribution >= 0.6 is 0 Å². The molecule has 0 heterocycles. The van der Waals surface area contributed by atoms with Crippen molar-refractivity contribution in [1.29, 1.82) is 0 Å². The van der Waals surface area contributed by atoms with Gasteiger partial charge in [0.2, 0.25) is 11.8 Å². The molecule has 0 aliphatic carbocycles. The second-order valence-electron chi connectivity index (χ2n) is 2.80. The first kappa shape index (κ1) is 10.9. The summed E-state index contributed by atoms with van der Waals surface area (Å²) in [6.45, 7) is 4.06. The van der Waals surface area contributed by atoms with Crippen molar-refractivity contribution in [1.82, 2.24) is 5.32 Å². The molecule has 3 N–H and O–H groups in total. The smallest absolute Gasteiger partial charge is 0.220 e. The van der Waals surface area contributed by atoms with Crippen LogP contribution in [-0.4, -0.2) is 18.4 Å². The number of primary amides is 1. The van der Waals surface area contributed by atoms with Crippen LogP contribution in [0.25, 0.3) is 0 Å². The molecule has 1 atom stereocenters. The summed E-state index contributed by atoms with van der Waals surface area (Å²) in [6.07, 6.45) is 1.09. The van der Waals surface area contributed by atoms with Gasteiger partial charge in [-0.1, -0.05) is 13.8 Å². The highest BCUT2D eigenvalue weighted by atomic mass is 16.2. The third kappa shape index (κ3) is 4.71. The van der Waals surface area contributed by atoms with Gasteiger partial charge in [-0.3, -0.25) is 9.59 Å². The molecule has 2 amide bonds. The Balaban J connectivity index is 3.43. The van der Waals surface area contributed by atoms with Gasteiger partial charge in [0.25, 0.3) is 0 Å². The molecule has 0 aliphatic heterocycles. The molecule has 0 bridgehead atoms. The first-order chi connectivity index (χ1) is 5.57. The van der Waals surface area contributed by atoms with E-state index < -0.39 is 0 Å². The highest BCUT2D eigenvalue weighted by Gasteiger charge is 2.07. The lowest BCUT2D eigenvalue weighted by Gasteiger charge is -2.07. The number of nitrogens with one attached hydrogen (secondary N) is 1. The van der Waals surface area contributed by atoms with Crippen molar-refractivity contribution in [2.45, 2.75) is 26.7 Å². The molecule has 0 aromatic rings. The van der Waals surface area contributed by atoms with Crippen LogP contribution in [0.5, 0.6) is 0 Å². The molecule has 0 aromatic carbocycles. The van der Waals surface area contributed by atoms with Crippen molar-refractivity contribution in [2.24, 2.45) is 11.7 Å². The van der Waals surface area contributed by atoms with Gasteiger partial charge in [-0.15, -0.1) is 0 Å². The summed E-state index contributed by atoms with van der Waals surface area (Å²) < 4.78 is 0. The first-order valence-corrected chi connectivity index (χ1v) is 4.14. The van der Waals surface area contributed by atoms with Gasteiger partial charge in [0.1, 0.15) is 0 Å². The zero-order chi connectivity index (χ0) is 9.56. The van der Waals surface area contributed by atoms with E-state index in [2.05, 4.69) is 5.32 Å². The molecule has 4 heteroatoms. The molecule has 0 rings (SSSR count). The fourth-order valence-electron chi connectivity index (χ4n) is 0.695. The van der Waals surface area contributed by atoms with Gasteiger partial charge in [0.15, 0.2) is 0 Å².